The molecule has 0 spiro atoms. The van der Waals surface area contributed by atoms with E-state index in [9.17, 15) is 4.79 Å². The molecule has 0 radical (unpaired) electrons. The number of hydrogen-bond donors (Lipinski definition) is 0. The Morgan fingerprint density at radius 1 is 0.722 bits per heavy atom. The zero-order chi connectivity index (χ0) is 24.6. The van der Waals surface area contributed by atoms with E-state index >= 15 is 0 Å². The van der Waals surface area contributed by atoms with Crippen LogP contribution in [0.4, 0.5) is 0 Å². The van der Waals surface area contributed by atoms with Crippen LogP contribution in [0.15, 0.2) is 121 Å². The molecule has 0 bridgehead atoms. The van der Waals surface area contributed by atoms with Crippen LogP contribution in [-0.2, 0) is 19.6 Å². The van der Waals surface area contributed by atoms with Gasteiger partial charge in [0, 0.05) is 37.0 Å². The van der Waals surface area contributed by atoms with Gasteiger partial charge < -0.3 is 9.64 Å². The zero-order valence-corrected chi connectivity index (χ0v) is 20.1. The fraction of sp³-hybridized carbons (Fsp3) is 0.125. The van der Waals surface area contributed by atoms with Gasteiger partial charge in [-0.2, -0.15) is 0 Å². The molecule has 0 fully saturated rings. The molecule has 178 valence electrons. The van der Waals surface area contributed by atoms with Crippen LogP contribution in [0.25, 0.3) is 10.8 Å². The van der Waals surface area contributed by atoms with Gasteiger partial charge in [0.1, 0.15) is 12.4 Å². The molecule has 5 rings (SSSR count). The van der Waals surface area contributed by atoms with Gasteiger partial charge in [-0.25, -0.2) is 0 Å². The molecular weight excluding hydrogens is 444 g/mol. The highest BCUT2D eigenvalue weighted by molar-refractivity contribution is 6.07. The molecule has 0 saturated heterocycles. The number of carbonyl (C=O) groups is 1. The van der Waals surface area contributed by atoms with Gasteiger partial charge in [0.2, 0.25) is 0 Å². The lowest BCUT2D eigenvalue weighted by molar-refractivity contribution is 0.0746. The minimum Gasteiger partial charge on any atom is -0.489 e. The molecule has 0 aliphatic carbocycles. The summed E-state index contributed by atoms with van der Waals surface area (Å²) >= 11 is 0. The minimum atomic E-state index is 0.0205. The smallest absolute Gasteiger partial charge is 0.254 e. The van der Waals surface area contributed by atoms with Gasteiger partial charge in [0.25, 0.3) is 5.91 Å². The van der Waals surface area contributed by atoms with Crippen LogP contribution in [0.1, 0.15) is 27.2 Å². The van der Waals surface area contributed by atoms with Gasteiger partial charge in [-0.15, -0.1) is 0 Å². The number of aromatic nitrogens is 1. The Balaban J connectivity index is 1.34. The summed E-state index contributed by atoms with van der Waals surface area (Å²) in [5.41, 5.74) is 3.87. The van der Waals surface area contributed by atoms with Crippen molar-refractivity contribution in [2.75, 3.05) is 6.54 Å². The van der Waals surface area contributed by atoms with Crippen LogP contribution >= 0.6 is 0 Å². The first-order chi connectivity index (χ1) is 17.8. The molecular formula is C32H28N2O2. The van der Waals surface area contributed by atoms with E-state index < -0.39 is 0 Å². The van der Waals surface area contributed by atoms with Crippen molar-refractivity contribution in [3.05, 3.63) is 144 Å². The third-order valence-electron chi connectivity index (χ3n) is 6.22. The van der Waals surface area contributed by atoms with Crippen molar-refractivity contribution >= 4 is 16.7 Å². The number of nitrogens with zero attached hydrogens (tertiary/aromatic N) is 2. The summed E-state index contributed by atoms with van der Waals surface area (Å²) < 4.78 is 5.93. The Bertz CT molecular complexity index is 1410. The van der Waals surface area contributed by atoms with E-state index in [2.05, 4.69) is 4.98 Å². The number of carbonyl (C=O) groups excluding carboxylic acids is 1. The maximum atomic E-state index is 13.8. The average molecular weight is 473 g/mol. The number of rotatable bonds is 9. The normalized spacial score (nSPS) is 10.8. The number of fused-ring (bicyclic) bond motifs is 1. The molecule has 4 heteroatoms. The Kier molecular flexibility index (Phi) is 7.33. The summed E-state index contributed by atoms with van der Waals surface area (Å²) in [6.45, 7) is 1.61. The lowest BCUT2D eigenvalue weighted by Gasteiger charge is -2.24. The van der Waals surface area contributed by atoms with Crippen molar-refractivity contribution in [3.63, 3.8) is 0 Å². The molecule has 1 heterocycles. The van der Waals surface area contributed by atoms with E-state index in [1.54, 1.807) is 6.20 Å². The second-order valence-corrected chi connectivity index (χ2v) is 8.74. The summed E-state index contributed by atoms with van der Waals surface area (Å²) in [6.07, 6.45) is 2.48. The van der Waals surface area contributed by atoms with E-state index in [1.807, 2.05) is 120 Å². The summed E-state index contributed by atoms with van der Waals surface area (Å²) in [5.74, 6) is 0.829. The molecule has 0 unspecified atom stereocenters. The molecule has 5 aromatic rings. The van der Waals surface area contributed by atoms with Gasteiger partial charge >= 0.3 is 0 Å². The standard InChI is InChI=1S/C32H28N2O2/c35-32(31-15-8-12-27-11-4-5-14-30(27)31)34(22-20-28-13-6-7-21-33-28)23-25-16-18-29(19-17-25)36-24-26-9-2-1-3-10-26/h1-19,21H,20,22-24H2. The van der Waals surface area contributed by atoms with Crippen LogP contribution in [0, 0.1) is 0 Å². The Labute approximate surface area is 211 Å². The van der Waals surface area contributed by atoms with Crippen molar-refractivity contribution in [1.29, 1.82) is 0 Å². The molecule has 36 heavy (non-hydrogen) atoms. The van der Waals surface area contributed by atoms with Crippen molar-refractivity contribution in [2.24, 2.45) is 0 Å². The second kappa shape index (κ2) is 11.3. The predicted molar refractivity (Wildman–Crippen MR) is 144 cm³/mol. The molecule has 4 nitrogen and oxygen atoms in total. The maximum absolute atomic E-state index is 13.8. The number of ether oxygens (including phenoxy) is 1. The van der Waals surface area contributed by atoms with Gasteiger partial charge in [-0.3, -0.25) is 9.78 Å². The van der Waals surface area contributed by atoms with Crippen LogP contribution in [0.3, 0.4) is 0 Å². The Morgan fingerprint density at radius 3 is 2.28 bits per heavy atom. The van der Waals surface area contributed by atoms with Crippen molar-refractivity contribution < 1.29 is 9.53 Å². The highest BCUT2D eigenvalue weighted by Gasteiger charge is 2.19. The van der Waals surface area contributed by atoms with Crippen LogP contribution < -0.4 is 4.74 Å². The molecule has 0 N–H and O–H groups in total. The van der Waals surface area contributed by atoms with Crippen molar-refractivity contribution in [1.82, 2.24) is 9.88 Å². The molecule has 0 saturated carbocycles. The predicted octanol–water partition coefficient (Wildman–Crippen LogP) is 6.70. The van der Waals surface area contributed by atoms with Crippen LogP contribution in [0.2, 0.25) is 0 Å². The number of pyridine rings is 1. The fourth-order valence-electron chi connectivity index (χ4n) is 4.28. The average Bonchev–Trinajstić information content (AvgIpc) is 2.95. The second-order valence-electron chi connectivity index (χ2n) is 8.74. The largest absolute Gasteiger partial charge is 0.489 e. The highest BCUT2D eigenvalue weighted by atomic mass is 16.5. The third-order valence-corrected chi connectivity index (χ3v) is 6.22. The molecule has 0 aliphatic rings. The molecule has 1 aromatic heterocycles. The molecule has 0 atom stereocenters. The van der Waals surface area contributed by atoms with E-state index in [0.29, 0.717) is 26.1 Å². The number of benzene rings is 4. The Morgan fingerprint density at radius 2 is 1.47 bits per heavy atom. The zero-order valence-electron chi connectivity index (χ0n) is 20.1. The number of amides is 1. The SMILES string of the molecule is O=C(c1cccc2ccccc12)N(CCc1ccccn1)Cc1ccc(OCc2ccccc2)cc1. The van der Waals surface area contributed by atoms with Crippen LogP contribution in [-0.4, -0.2) is 22.3 Å². The van der Waals surface area contributed by atoms with Gasteiger partial charge in [-0.05, 0) is 52.2 Å². The van der Waals surface area contributed by atoms with Crippen LogP contribution in [0.5, 0.6) is 5.75 Å². The maximum Gasteiger partial charge on any atom is 0.254 e. The van der Waals surface area contributed by atoms with Gasteiger partial charge in [-0.1, -0.05) is 84.9 Å². The first kappa shape index (κ1) is 23.3. The summed E-state index contributed by atoms with van der Waals surface area (Å²) in [4.78, 5) is 20.1. The summed E-state index contributed by atoms with van der Waals surface area (Å²) in [7, 11) is 0. The van der Waals surface area contributed by atoms with Gasteiger partial charge in [0.05, 0.1) is 0 Å². The minimum absolute atomic E-state index is 0.0205. The van der Waals surface area contributed by atoms with E-state index in [-0.39, 0.29) is 5.91 Å². The first-order valence-electron chi connectivity index (χ1n) is 12.2. The molecule has 0 aliphatic heterocycles. The fourth-order valence-corrected chi connectivity index (χ4v) is 4.28. The monoisotopic (exact) mass is 472 g/mol. The van der Waals surface area contributed by atoms with Crippen molar-refractivity contribution in [2.45, 2.75) is 19.6 Å². The van der Waals surface area contributed by atoms with E-state index in [0.717, 1.165) is 38.9 Å². The molecule has 4 aromatic carbocycles. The third kappa shape index (κ3) is 5.78. The number of hydrogen-bond acceptors (Lipinski definition) is 3. The Hall–Kier alpha value is -4.44. The summed E-state index contributed by atoms with van der Waals surface area (Å²) in [5, 5.41) is 2.03. The lowest BCUT2D eigenvalue weighted by atomic mass is 10.0. The lowest BCUT2D eigenvalue weighted by Crippen LogP contribution is -2.32. The van der Waals surface area contributed by atoms with Gasteiger partial charge in [0.15, 0.2) is 0 Å². The first-order valence-corrected chi connectivity index (χ1v) is 12.2. The molecule has 1 amide bonds. The summed E-state index contributed by atoms with van der Waals surface area (Å²) in [6, 6.07) is 37.9. The highest BCUT2D eigenvalue weighted by Crippen LogP contribution is 2.22. The topological polar surface area (TPSA) is 42.4 Å². The van der Waals surface area contributed by atoms with E-state index in [4.69, 9.17) is 4.74 Å². The quantitative estimate of drug-likeness (QED) is 0.240. The van der Waals surface area contributed by atoms with Crippen molar-refractivity contribution in [3.8, 4) is 5.75 Å². The van der Waals surface area contributed by atoms with E-state index in [1.165, 1.54) is 0 Å².